The number of anilines is 2. The first-order valence-electron chi connectivity index (χ1n) is 10.5. The molecule has 2 aliphatic heterocycles. The number of hydrogen-bond acceptors (Lipinski definition) is 6. The number of pyridine rings is 1. The third-order valence-corrected chi connectivity index (χ3v) is 6.57. The summed E-state index contributed by atoms with van der Waals surface area (Å²) in [4.78, 5) is 20.7. The van der Waals surface area contributed by atoms with Crippen molar-refractivity contribution in [1.29, 1.82) is 5.26 Å². The zero-order valence-corrected chi connectivity index (χ0v) is 19.1. The van der Waals surface area contributed by atoms with Gasteiger partial charge in [0.1, 0.15) is 18.0 Å². The van der Waals surface area contributed by atoms with E-state index < -0.39 is 11.4 Å². The summed E-state index contributed by atoms with van der Waals surface area (Å²) in [7, 11) is 0. The van der Waals surface area contributed by atoms with Crippen LogP contribution in [0.5, 0.6) is 0 Å². The Morgan fingerprint density at radius 1 is 1.30 bits per heavy atom. The minimum Gasteiger partial charge on any atom is -0.345 e. The smallest absolute Gasteiger partial charge is 0.258 e. The van der Waals surface area contributed by atoms with Crippen molar-refractivity contribution in [3.05, 3.63) is 81.4 Å². The third kappa shape index (κ3) is 3.19. The SMILES string of the molecule is C=C1N(c2ccc(C#N)c(Cl)c2)C2OC2C(C)(C)N1c1cc(F)c2nc(CC)cc(=O)n2c1. The first kappa shape index (κ1) is 21.4. The Morgan fingerprint density at radius 2 is 2.06 bits per heavy atom. The van der Waals surface area contributed by atoms with Gasteiger partial charge in [-0.15, -0.1) is 0 Å². The van der Waals surface area contributed by atoms with Gasteiger partial charge in [0.2, 0.25) is 0 Å². The molecule has 0 saturated carbocycles. The predicted octanol–water partition coefficient (Wildman–Crippen LogP) is 4.22. The van der Waals surface area contributed by atoms with Gasteiger partial charge in [-0.2, -0.15) is 5.26 Å². The van der Waals surface area contributed by atoms with E-state index in [1.807, 2.05) is 36.6 Å². The lowest BCUT2D eigenvalue weighted by molar-refractivity contribution is 0.315. The molecule has 9 heteroatoms. The van der Waals surface area contributed by atoms with Crippen LogP contribution in [0.3, 0.4) is 0 Å². The van der Waals surface area contributed by atoms with Gasteiger partial charge in [-0.1, -0.05) is 25.1 Å². The van der Waals surface area contributed by atoms with Crippen molar-refractivity contribution in [3.63, 3.8) is 0 Å². The van der Waals surface area contributed by atoms with E-state index in [9.17, 15) is 10.1 Å². The molecule has 5 rings (SSSR count). The van der Waals surface area contributed by atoms with Gasteiger partial charge in [0.05, 0.1) is 21.8 Å². The lowest BCUT2D eigenvalue weighted by atomic mass is 9.93. The van der Waals surface area contributed by atoms with E-state index >= 15 is 4.39 Å². The minimum atomic E-state index is -0.602. The Kier molecular flexibility index (Phi) is 4.74. The first-order valence-corrected chi connectivity index (χ1v) is 10.9. The van der Waals surface area contributed by atoms with Crippen LogP contribution in [0.1, 0.15) is 32.0 Å². The van der Waals surface area contributed by atoms with E-state index in [2.05, 4.69) is 11.6 Å². The second kappa shape index (κ2) is 7.30. The van der Waals surface area contributed by atoms with E-state index in [-0.39, 0.29) is 23.5 Å². The average Bonchev–Trinajstić information content (AvgIpc) is 3.56. The highest BCUT2D eigenvalue weighted by Gasteiger charge is 2.61. The Bertz CT molecular complexity index is 1430. The van der Waals surface area contributed by atoms with Gasteiger partial charge in [0.15, 0.2) is 17.7 Å². The summed E-state index contributed by atoms with van der Waals surface area (Å²) in [6, 6.07) is 9.91. The van der Waals surface area contributed by atoms with Crippen molar-refractivity contribution in [1.82, 2.24) is 9.38 Å². The normalized spacial score (nSPS) is 21.2. The molecule has 1 aromatic carbocycles. The molecule has 4 heterocycles. The van der Waals surface area contributed by atoms with E-state index in [1.54, 1.807) is 24.4 Å². The fraction of sp³-hybridized carbons (Fsp3) is 0.292. The molecule has 2 fully saturated rings. The molecule has 2 atom stereocenters. The van der Waals surface area contributed by atoms with Gasteiger partial charge >= 0.3 is 0 Å². The van der Waals surface area contributed by atoms with Crippen LogP contribution in [0.2, 0.25) is 5.02 Å². The summed E-state index contributed by atoms with van der Waals surface area (Å²) in [6.07, 6.45) is 1.64. The molecule has 0 aliphatic carbocycles. The van der Waals surface area contributed by atoms with E-state index in [1.165, 1.54) is 16.5 Å². The van der Waals surface area contributed by atoms with Crippen LogP contribution in [0.15, 0.2) is 53.7 Å². The van der Waals surface area contributed by atoms with Crippen LogP contribution >= 0.6 is 11.6 Å². The number of nitriles is 1. The topological polar surface area (TPSA) is 77.2 Å². The molecule has 3 aromatic rings. The van der Waals surface area contributed by atoms with Gasteiger partial charge in [-0.05, 0) is 38.5 Å². The Morgan fingerprint density at radius 3 is 2.73 bits per heavy atom. The number of epoxide rings is 1. The lowest BCUT2D eigenvalue weighted by Crippen LogP contribution is -2.58. The average molecular weight is 466 g/mol. The molecule has 0 spiro atoms. The van der Waals surface area contributed by atoms with Crippen LogP contribution < -0.4 is 15.4 Å². The highest BCUT2D eigenvalue weighted by molar-refractivity contribution is 6.32. The molecule has 33 heavy (non-hydrogen) atoms. The van der Waals surface area contributed by atoms with E-state index in [0.717, 1.165) is 0 Å². The molecule has 0 N–H and O–H groups in total. The maximum atomic E-state index is 15.2. The van der Waals surface area contributed by atoms with Crippen molar-refractivity contribution < 1.29 is 9.13 Å². The van der Waals surface area contributed by atoms with Gasteiger partial charge in [0, 0.05) is 29.7 Å². The zero-order chi connectivity index (χ0) is 23.7. The quantitative estimate of drug-likeness (QED) is 0.539. The van der Waals surface area contributed by atoms with Crippen LogP contribution in [-0.2, 0) is 11.2 Å². The summed E-state index contributed by atoms with van der Waals surface area (Å²) in [5.74, 6) is -0.0697. The lowest BCUT2D eigenvalue weighted by Gasteiger charge is -2.47. The second-order valence-corrected chi connectivity index (χ2v) is 9.08. The van der Waals surface area contributed by atoms with Crippen molar-refractivity contribution in [2.45, 2.75) is 45.1 Å². The number of rotatable bonds is 3. The van der Waals surface area contributed by atoms with Crippen molar-refractivity contribution in [2.75, 3.05) is 9.80 Å². The van der Waals surface area contributed by atoms with Gasteiger partial charge in [0.25, 0.3) is 5.56 Å². The Labute approximate surface area is 194 Å². The number of aryl methyl sites for hydroxylation is 1. The molecule has 0 radical (unpaired) electrons. The number of hydrogen-bond donors (Lipinski definition) is 0. The highest BCUT2D eigenvalue weighted by Crippen LogP contribution is 2.50. The molecule has 7 nitrogen and oxygen atoms in total. The largest absolute Gasteiger partial charge is 0.345 e. The van der Waals surface area contributed by atoms with E-state index in [4.69, 9.17) is 16.3 Å². The molecule has 2 saturated heterocycles. The van der Waals surface area contributed by atoms with Gasteiger partial charge in [-0.25, -0.2) is 9.37 Å². The highest BCUT2D eigenvalue weighted by atomic mass is 35.5. The molecular weight excluding hydrogens is 445 g/mol. The summed E-state index contributed by atoms with van der Waals surface area (Å²) in [6.45, 7) is 10.1. The molecular formula is C24H21ClFN5O2. The van der Waals surface area contributed by atoms with Gasteiger partial charge in [-0.3, -0.25) is 14.1 Å². The summed E-state index contributed by atoms with van der Waals surface area (Å²) in [5.41, 5.74) is 1.10. The molecule has 2 aromatic heterocycles. The first-order chi connectivity index (χ1) is 15.7. The number of ether oxygens (including phenoxy) is 1. The maximum absolute atomic E-state index is 15.2. The van der Waals surface area contributed by atoms with E-state index in [0.29, 0.717) is 39.9 Å². The minimum absolute atomic E-state index is 0.0141. The molecule has 168 valence electrons. The number of aromatic nitrogens is 2. The van der Waals surface area contributed by atoms with Crippen molar-refractivity contribution in [2.24, 2.45) is 0 Å². The number of benzene rings is 1. The fourth-order valence-electron chi connectivity index (χ4n) is 4.55. The Hall–Kier alpha value is -3.41. The second-order valence-electron chi connectivity index (χ2n) is 8.68. The van der Waals surface area contributed by atoms with Crippen LogP contribution in [0.4, 0.5) is 15.8 Å². The summed E-state index contributed by atoms with van der Waals surface area (Å²) in [5, 5.41) is 9.51. The summed E-state index contributed by atoms with van der Waals surface area (Å²) >= 11 is 6.27. The van der Waals surface area contributed by atoms with Crippen molar-refractivity contribution in [3.8, 4) is 6.07 Å². The standard InChI is InChI=1S/C24H21ClFN5O2/c1-5-15-8-20(32)29-12-17(10-19(26)22(29)28-15)31-13(2)30(23-21(33-23)24(31,3)4)16-7-6-14(11-27)18(25)9-16/h6-10,12,21,23H,2,5H2,1,3-4H3. The fourth-order valence-corrected chi connectivity index (χ4v) is 4.77. The van der Waals surface area contributed by atoms with Crippen LogP contribution in [0, 0.1) is 17.1 Å². The van der Waals surface area contributed by atoms with Crippen molar-refractivity contribution >= 4 is 28.6 Å². The molecule has 2 aliphatic rings. The Balaban J connectivity index is 1.64. The maximum Gasteiger partial charge on any atom is 0.258 e. The van der Waals surface area contributed by atoms with Crippen LogP contribution in [-0.4, -0.2) is 27.3 Å². The zero-order valence-electron chi connectivity index (χ0n) is 18.3. The number of nitrogens with zero attached hydrogens (tertiary/aromatic N) is 5. The number of fused-ring (bicyclic) bond motifs is 2. The third-order valence-electron chi connectivity index (χ3n) is 6.26. The molecule has 0 amide bonds. The van der Waals surface area contributed by atoms with Crippen LogP contribution in [0.25, 0.3) is 5.65 Å². The predicted molar refractivity (Wildman–Crippen MR) is 124 cm³/mol. The molecule has 2 unspecified atom stereocenters. The van der Waals surface area contributed by atoms with Gasteiger partial charge < -0.3 is 9.64 Å². The molecule has 0 bridgehead atoms. The monoisotopic (exact) mass is 465 g/mol. The number of halogens is 2. The summed E-state index contributed by atoms with van der Waals surface area (Å²) < 4.78 is 22.4.